The summed E-state index contributed by atoms with van der Waals surface area (Å²) in [7, 11) is 0. The molecule has 2 aliphatic carbocycles. The lowest BCUT2D eigenvalue weighted by atomic mass is 9.81. The van der Waals surface area contributed by atoms with Gasteiger partial charge >= 0.3 is 11.9 Å². The molecule has 2 saturated carbocycles. The van der Waals surface area contributed by atoms with Crippen LogP contribution in [-0.4, -0.2) is 39.9 Å². The molecule has 3 aliphatic rings. The normalized spacial score (nSPS) is 20.8. The Bertz CT molecular complexity index is 996. The maximum Gasteiger partial charge on any atom is 0.340 e. The zero-order valence-corrected chi connectivity index (χ0v) is 18.4. The summed E-state index contributed by atoms with van der Waals surface area (Å²) in [4.78, 5) is 39.6. The van der Waals surface area contributed by atoms with Gasteiger partial charge in [0.05, 0.1) is 23.7 Å². The highest BCUT2D eigenvalue weighted by Crippen LogP contribution is 2.37. The molecular weight excluding hydrogens is 428 g/mol. The monoisotopic (exact) mass is 456 g/mol. The second kappa shape index (κ2) is 9.64. The van der Waals surface area contributed by atoms with Crippen LogP contribution in [-0.2, 0) is 14.3 Å². The van der Waals surface area contributed by atoms with Crippen molar-refractivity contribution in [3.8, 4) is 0 Å². The molecule has 0 radical (unpaired) electrons. The van der Waals surface area contributed by atoms with Crippen molar-refractivity contribution in [1.82, 2.24) is 5.32 Å². The Kier molecular flexibility index (Phi) is 6.67. The van der Waals surface area contributed by atoms with E-state index in [2.05, 4.69) is 10.3 Å². The second-order valence-corrected chi connectivity index (χ2v) is 8.82. The van der Waals surface area contributed by atoms with Crippen LogP contribution < -0.4 is 5.32 Å². The summed E-state index contributed by atoms with van der Waals surface area (Å²) in [5.41, 5.74) is -0.593. The molecule has 2 N–H and O–H groups in total. The highest BCUT2D eigenvalue weighted by molar-refractivity contribution is 6.07. The van der Waals surface area contributed by atoms with E-state index in [4.69, 9.17) is 13.6 Å². The number of aliphatic carboxylic acids is 1. The zero-order valence-electron chi connectivity index (χ0n) is 18.4. The summed E-state index contributed by atoms with van der Waals surface area (Å²) in [5.74, 6) is -1.11. The van der Waals surface area contributed by atoms with Crippen molar-refractivity contribution in [3.63, 3.8) is 0 Å². The number of ether oxygens (including phenoxy) is 1. The highest BCUT2D eigenvalue weighted by atomic mass is 16.6. The molecule has 9 nitrogen and oxygen atoms in total. The van der Waals surface area contributed by atoms with Crippen molar-refractivity contribution in [2.45, 2.75) is 75.3 Å². The fourth-order valence-electron chi connectivity index (χ4n) is 4.64. The Morgan fingerprint density at radius 3 is 2.12 bits per heavy atom. The van der Waals surface area contributed by atoms with Gasteiger partial charge in [-0.2, -0.15) is 0 Å². The van der Waals surface area contributed by atoms with E-state index in [-0.39, 0.29) is 11.9 Å². The number of carboxylic acid groups (broad SMARTS) is 1. The minimum Gasteiger partial charge on any atom is -0.480 e. The Morgan fingerprint density at radius 2 is 1.55 bits per heavy atom. The number of hydrogen-bond acceptors (Lipinski definition) is 7. The Labute approximate surface area is 191 Å². The average Bonchev–Trinajstić information content (AvgIpc) is 3.59. The third-order valence-electron chi connectivity index (χ3n) is 6.59. The average molecular weight is 456 g/mol. The van der Waals surface area contributed by atoms with Crippen LogP contribution in [0.25, 0.3) is 0 Å². The van der Waals surface area contributed by atoms with Gasteiger partial charge < -0.3 is 24.0 Å². The van der Waals surface area contributed by atoms with Crippen molar-refractivity contribution < 1.29 is 33.1 Å². The van der Waals surface area contributed by atoms with Crippen LogP contribution in [0.15, 0.2) is 51.0 Å². The molecule has 2 fully saturated rings. The predicted molar refractivity (Wildman–Crippen MR) is 117 cm³/mol. The van der Waals surface area contributed by atoms with E-state index in [1.807, 2.05) is 0 Å². The molecule has 5 rings (SSSR count). The number of amides is 1. The van der Waals surface area contributed by atoms with Crippen LogP contribution in [0.2, 0.25) is 0 Å². The maximum atomic E-state index is 11.9. The van der Waals surface area contributed by atoms with Crippen molar-refractivity contribution >= 4 is 23.7 Å². The van der Waals surface area contributed by atoms with Gasteiger partial charge in [-0.05, 0) is 37.8 Å². The van der Waals surface area contributed by atoms with E-state index in [0.717, 1.165) is 50.5 Å². The van der Waals surface area contributed by atoms with Gasteiger partial charge in [0.25, 0.3) is 5.91 Å². The van der Waals surface area contributed by atoms with Gasteiger partial charge in [0.2, 0.25) is 5.90 Å². The van der Waals surface area contributed by atoms with Crippen LogP contribution in [0.5, 0.6) is 0 Å². The lowest BCUT2D eigenvalue weighted by Crippen LogP contribution is -2.55. The first kappa shape index (κ1) is 22.8. The minimum atomic E-state index is -1.10. The first-order valence-corrected chi connectivity index (χ1v) is 11.4. The fourth-order valence-corrected chi connectivity index (χ4v) is 4.64. The number of hydrogen-bond donors (Lipinski definition) is 2. The number of rotatable bonds is 4. The molecule has 0 atom stereocenters. The van der Waals surface area contributed by atoms with Gasteiger partial charge in [-0.3, -0.25) is 4.79 Å². The third kappa shape index (κ3) is 4.86. The number of nitrogens with zero attached hydrogens (tertiary/aromatic N) is 1. The summed E-state index contributed by atoms with van der Waals surface area (Å²) in [5, 5.41) is 11.9. The molecule has 9 heteroatoms. The number of carbonyl (C=O) groups excluding carboxylic acids is 2. The van der Waals surface area contributed by atoms with Crippen LogP contribution in [0.1, 0.15) is 80.1 Å². The molecule has 0 aromatic carbocycles. The van der Waals surface area contributed by atoms with E-state index in [0.29, 0.717) is 24.3 Å². The van der Waals surface area contributed by atoms with Crippen LogP contribution >= 0.6 is 0 Å². The van der Waals surface area contributed by atoms with Crippen LogP contribution in [0, 0.1) is 0 Å². The number of carbonyl (C=O) groups is 3. The smallest absolute Gasteiger partial charge is 0.340 e. The van der Waals surface area contributed by atoms with Crippen molar-refractivity contribution in [2.24, 2.45) is 4.99 Å². The summed E-state index contributed by atoms with van der Waals surface area (Å²) in [6, 6.07) is 3.28. The summed E-state index contributed by atoms with van der Waals surface area (Å²) >= 11 is 0. The first-order chi connectivity index (χ1) is 15.9. The standard InChI is InChI=1S/C12H15NO4.C12H13NO3/c14-10(9-4-7-17-8-9)13-12(11(15)16)5-2-1-3-6-12;14-11-12(5-2-1-3-6-12)13-10(16-11)9-4-7-15-8-9/h4,7-8H,1-3,5-6H2,(H,13,14)(H,15,16);4,7-8H,1-3,5-6H2. The molecule has 3 heterocycles. The molecule has 0 unspecified atom stereocenters. The predicted octanol–water partition coefficient (Wildman–Crippen LogP) is 4.08. The van der Waals surface area contributed by atoms with E-state index in [9.17, 15) is 19.5 Å². The molecular formula is C24H28N2O7. The summed E-state index contributed by atoms with van der Waals surface area (Å²) in [6.45, 7) is 0. The Hall–Kier alpha value is -3.36. The van der Waals surface area contributed by atoms with Gasteiger partial charge in [0.1, 0.15) is 18.1 Å². The maximum absolute atomic E-state index is 11.9. The number of furan rings is 2. The SMILES string of the molecule is O=C(NC1(C(=O)O)CCCCC1)c1ccoc1.O=C1OC(c2ccoc2)=NC12CCCCC2. The molecule has 0 bridgehead atoms. The quantitative estimate of drug-likeness (QED) is 0.663. The molecule has 1 amide bonds. The minimum absolute atomic E-state index is 0.191. The molecule has 33 heavy (non-hydrogen) atoms. The van der Waals surface area contributed by atoms with E-state index < -0.39 is 17.0 Å². The van der Waals surface area contributed by atoms with Crippen LogP contribution in [0.4, 0.5) is 0 Å². The molecule has 2 aromatic rings. The molecule has 0 saturated heterocycles. The third-order valence-corrected chi connectivity index (χ3v) is 6.59. The van der Waals surface area contributed by atoms with Gasteiger partial charge in [-0.15, -0.1) is 0 Å². The fraction of sp³-hybridized carbons (Fsp3) is 0.500. The topological polar surface area (TPSA) is 131 Å². The summed E-state index contributed by atoms with van der Waals surface area (Å²) < 4.78 is 15.0. The highest BCUT2D eigenvalue weighted by Gasteiger charge is 2.46. The Balaban J connectivity index is 0.000000157. The number of carboxylic acids is 1. The van der Waals surface area contributed by atoms with E-state index in [1.54, 1.807) is 18.6 Å². The number of cyclic esters (lactones) is 1. The second-order valence-electron chi connectivity index (χ2n) is 8.82. The van der Waals surface area contributed by atoms with Crippen LogP contribution in [0.3, 0.4) is 0 Å². The Morgan fingerprint density at radius 1 is 0.909 bits per heavy atom. The van der Waals surface area contributed by atoms with E-state index in [1.165, 1.54) is 25.0 Å². The number of esters is 1. The van der Waals surface area contributed by atoms with Gasteiger partial charge in [-0.1, -0.05) is 38.5 Å². The lowest BCUT2D eigenvalue weighted by Gasteiger charge is -2.33. The first-order valence-electron chi connectivity index (χ1n) is 11.4. The van der Waals surface area contributed by atoms with E-state index >= 15 is 0 Å². The zero-order chi connectivity index (χ0) is 23.3. The van der Waals surface area contributed by atoms with Gasteiger partial charge in [-0.25, -0.2) is 14.6 Å². The van der Waals surface area contributed by atoms with Gasteiger partial charge in [0.15, 0.2) is 5.54 Å². The lowest BCUT2D eigenvalue weighted by molar-refractivity contribution is -0.146. The number of aliphatic imine (C=N–C) groups is 1. The number of nitrogens with one attached hydrogen (secondary N) is 1. The largest absolute Gasteiger partial charge is 0.480 e. The van der Waals surface area contributed by atoms with Crippen molar-refractivity contribution in [1.29, 1.82) is 0 Å². The van der Waals surface area contributed by atoms with Crippen molar-refractivity contribution in [3.05, 3.63) is 48.3 Å². The van der Waals surface area contributed by atoms with Crippen molar-refractivity contribution in [2.75, 3.05) is 0 Å². The molecule has 1 aliphatic heterocycles. The summed E-state index contributed by atoms with van der Waals surface area (Å²) in [6.07, 6.45) is 14.4. The molecule has 1 spiro atoms. The molecule has 176 valence electrons. The molecule has 2 aromatic heterocycles. The van der Waals surface area contributed by atoms with Gasteiger partial charge in [0, 0.05) is 0 Å².